The number of benzene rings is 1. The van der Waals surface area contributed by atoms with Crippen LogP contribution in [0.25, 0.3) is 0 Å². The molecule has 3 atom stereocenters. The lowest BCUT2D eigenvalue weighted by molar-refractivity contribution is -0.171. The zero-order chi connectivity index (χ0) is 19.2. The monoisotopic (exact) mass is 377 g/mol. The fourth-order valence-electron chi connectivity index (χ4n) is 4.27. The quantitative estimate of drug-likeness (QED) is 0.841. The molecule has 0 bridgehead atoms. The molecule has 27 heavy (non-hydrogen) atoms. The summed E-state index contributed by atoms with van der Waals surface area (Å²) >= 11 is 0. The van der Waals surface area contributed by atoms with Gasteiger partial charge < -0.3 is 16.4 Å². The second-order valence-corrected chi connectivity index (χ2v) is 7.34. The fraction of sp³-hybridized carbons (Fsp3) is 0.474. The van der Waals surface area contributed by atoms with Crippen molar-refractivity contribution in [2.24, 2.45) is 11.7 Å². The molecule has 4 N–H and O–H groups in total. The van der Waals surface area contributed by atoms with E-state index in [9.17, 15) is 13.2 Å². The van der Waals surface area contributed by atoms with Crippen molar-refractivity contribution in [2.45, 2.75) is 37.4 Å². The van der Waals surface area contributed by atoms with Crippen LogP contribution in [0, 0.1) is 5.92 Å². The van der Waals surface area contributed by atoms with Crippen LogP contribution in [0.5, 0.6) is 0 Å². The van der Waals surface area contributed by atoms with Gasteiger partial charge >= 0.3 is 6.18 Å². The number of nitrogen functional groups attached to an aromatic ring is 1. The van der Waals surface area contributed by atoms with Gasteiger partial charge in [0.2, 0.25) is 5.95 Å². The Balaban J connectivity index is 1.73. The van der Waals surface area contributed by atoms with E-state index in [-0.39, 0.29) is 25.0 Å². The fourth-order valence-corrected chi connectivity index (χ4v) is 4.27. The van der Waals surface area contributed by atoms with Crippen LogP contribution in [-0.2, 0) is 6.42 Å². The van der Waals surface area contributed by atoms with Gasteiger partial charge in [-0.05, 0) is 24.8 Å². The number of alkyl halides is 3. The summed E-state index contributed by atoms with van der Waals surface area (Å²) in [5.41, 5.74) is 14.6. The Morgan fingerprint density at radius 3 is 2.48 bits per heavy atom. The van der Waals surface area contributed by atoms with Gasteiger partial charge in [0.15, 0.2) is 0 Å². The molecule has 1 unspecified atom stereocenters. The minimum absolute atomic E-state index is 0.0775. The first-order valence-electron chi connectivity index (χ1n) is 9.13. The zero-order valence-corrected chi connectivity index (χ0v) is 14.8. The van der Waals surface area contributed by atoms with Crippen LogP contribution in [0.3, 0.4) is 0 Å². The predicted molar refractivity (Wildman–Crippen MR) is 97.4 cm³/mol. The van der Waals surface area contributed by atoms with Gasteiger partial charge in [0.1, 0.15) is 5.82 Å². The van der Waals surface area contributed by atoms with Crippen LogP contribution >= 0.6 is 0 Å². The van der Waals surface area contributed by atoms with E-state index in [1.165, 1.54) is 0 Å². The van der Waals surface area contributed by atoms with Crippen molar-refractivity contribution in [3.05, 3.63) is 47.2 Å². The van der Waals surface area contributed by atoms with Gasteiger partial charge in [-0.15, -0.1) is 0 Å². The SMILES string of the molecule is Nc1nc2c(c(N3C[C@H](N)[C@@H](C(F)(F)F)C3)n1)CCCC2c1ccccc1. The molecule has 2 aliphatic rings. The van der Waals surface area contributed by atoms with Gasteiger partial charge in [-0.1, -0.05) is 30.3 Å². The van der Waals surface area contributed by atoms with E-state index < -0.39 is 18.1 Å². The molecular weight excluding hydrogens is 355 g/mol. The summed E-state index contributed by atoms with van der Waals surface area (Å²) in [5.74, 6) is -0.873. The summed E-state index contributed by atoms with van der Waals surface area (Å²) in [6, 6.07) is 9.03. The highest BCUT2D eigenvalue weighted by Gasteiger charge is 2.49. The maximum atomic E-state index is 13.2. The normalized spacial score (nSPS) is 25.5. The minimum Gasteiger partial charge on any atom is -0.368 e. The molecule has 0 amide bonds. The number of halogens is 3. The van der Waals surface area contributed by atoms with Crippen molar-refractivity contribution in [1.82, 2.24) is 9.97 Å². The van der Waals surface area contributed by atoms with E-state index in [0.717, 1.165) is 36.1 Å². The highest BCUT2D eigenvalue weighted by atomic mass is 19.4. The maximum absolute atomic E-state index is 13.2. The molecule has 1 fully saturated rings. The average molecular weight is 377 g/mol. The lowest BCUT2D eigenvalue weighted by atomic mass is 9.82. The standard InChI is InChI=1S/C19H22F3N5/c20-19(21,22)14-9-27(10-15(14)23)17-13-8-4-7-12(11-5-2-1-3-6-11)16(13)25-18(24)26-17/h1-3,5-6,12,14-15H,4,7-10,23H2,(H2,24,25,26)/t12?,14-,15-/m0/s1. The number of hydrogen-bond acceptors (Lipinski definition) is 5. The largest absolute Gasteiger partial charge is 0.395 e. The number of rotatable bonds is 2. The lowest BCUT2D eigenvalue weighted by Crippen LogP contribution is -2.38. The van der Waals surface area contributed by atoms with Crippen molar-refractivity contribution in [2.75, 3.05) is 23.7 Å². The first-order chi connectivity index (χ1) is 12.8. The highest BCUT2D eigenvalue weighted by Crippen LogP contribution is 2.41. The van der Waals surface area contributed by atoms with Gasteiger partial charge in [0.25, 0.3) is 0 Å². The van der Waals surface area contributed by atoms with Gasteiger partial charge in [-0.3, -0.25) is 0 Å². The third kappa shape index (κ3) is 3.34. The summed E-state index contributed by atoms with van der Waals surface area (Å²) in [6.07, 6.45) is -1.73. The van der Waals surface area contributed by atoms with E-state index in [1.807, 2.05) is 30.3 Å². The Labute approximate surface area is 155 Å². The smallest absolute Gasteiger partial charge is 0.368 e. The lowest BCUT2D eigenvalue weighted by Gasteiger charge is -2.29. The molecule has 1 aliphatic carbocycles. The number of aromatic nitrogens is 2. The molecule has 2 aromatic rings. The van der Waals surface area contributed by atoms with Crippen molar-refractivity contribution in [3.63, 3.8) is 0 Å². The molecule has 2 heterocycles. The predicted octanol–water partition coefficient (Wildman–Crippen LogP) is 2.85. The third-order valence-corrected chi connectivity index (χ3v) is 5.57. The summed E-state index contributed by atoms with van der Waals surface area (Å²) < 4.78 is 39.7. The van der Waals surface area contributed by atoms with Crippen LogP contribution in [0.15, 0.2) is 30.3 Å². The van der Waals surface area contributed by atoms with Crippen LogP contribution in [0.2, 0.25) is 0 Å². The van der Waals surface area contributed by atoms with E-state index in [1.54, 1.807) is 4.90 Å². The molecule has 0 saturated carbocycles. The summed E-state index contributed by atoms with van der Waals surface area (Å²) in [6.45, 7) is -0.0767. The Morgan fingerprint density at radius 2 is 1.81 bits per heavy atom. The summed E-state index contributed by atoms with van der Waals surface area (Å²) in [5, 5.41) is 0. The van der Waals surface area contributed by atoms with E-state index in [4.69, 9.17) is 11.5 Å². The van der Waals surface area contributed by atoms with Crippen molar-refractivity contribution in [3.8, 4) is 0 Å². The maximum Gasteiger partial charge on any atom is 0.395 e. The Bertz CT molecular complexity index is 824. The van der Waals surface area contributed by atoms with Crippen molar-refractivity contribution >= 4 is 11.8 Å². The first-order valence-corrected chi connectivity index (χ1v) is 9.13. The molecule has 1 aromatic heterocycles. The van der Waals surface area contributed by atoms with Crippen LogP contribution in [0.1, 0.15) is 35.6 Å². The average Bonchev–Trinajstić information content (AvgIpc) is 3.03. The topological polar surface area (TPSA) is 81.1 Å². The summed E-state index contributed by atoms with van der Waals surface area (Å²) in [7, 11) is 0. The number of nitrogens with zero attached hydrogens (tertiary/aromatic N) is 3. The van der Waals surface area contributed by atoms with Gasteiger partial charge in [0, 0.05) is 30.6 Å². The molecule has 1 aromatic carbocycles. The van der Waals surface area contributed by atoms with E-state index in [0.29, 0.717) is 5.82 Å². The first kappa shape index (κ1) is 18.0. The summed E-state index contributed by atoms with van der Waals surface area (Å²) in [4.78, 5) is 10.4. The van der Waals surface area contributed by atoms with Crippen molar-refractivity contribution in [1.29, 1.82) is 0 Å². The molecule has 144 valence electrons. The highest BCUT2D eigenvalue weighted by molar-refractivity contribution is 5.56. The molecule has 0 radical (unpaired) electrons. The Kier molecular flexibility index (Phi) is 4.46. The Morgan fingerprint density at radius 1 is 1.07 bits per heavy atom. The number of nitrogens with two attached hydrogens (primary N) is 2. The molecule has 0 spiro atoms. The Hall–Kier alpha value is -2.35. The van der Waals surface area contributed by atoms with Crippen LogP contribution in [0.4, 0.5) is 24.9 Å². The number of anilines is 2. The molecule has 1 aliphatic heterocycles. The second kappa shape index (κ2) is 6.67. The van der Waals surface area contributed by atoms with Crippen molar-refractivity contribution < 1.29 is 13.2 Å². The van der Waals surface area contributed by atoms with Crippen LogP contribution in [-0.4, -0.2) is 35.3 Å². The minimum atomic E-state index is -4.32. The molecule has 4 rings (SSSR count). The third-order valence-electron chi connectivity index (χ3n) is 5.57. The number of fused-ring (bicyclic) bond motifs is 1. The number of hydrogen-bond donors (Lipinski definition) is 2. The molecule has 5 nitrogen and oxygen atoms in total. The zero-order valence-electron chi connectivity index (χ0n) is 14.8. The van der Waals surface area contributed by atoms with Gasteiger partial charge in [0.05, 0.1) is 11.6 Å². The van der Waals surface area contributed by atoms with Crippen LogP contribution < -0.4 is 16.4 Å². The van der Waals surface area contributed by atoms with Gasteiger partial charge in [-0.2, -0.15) is 18.2 Å². The molecule has 1 saturated heterocycles. The van der Waals surface area contributed by atoms with E-state index in [2.05, 4.69) is 9.97 Å². The molecular formula is C19H22F3N5. The second-order valence-electron chi connectivity index (χ2n) is 7.34. The van der Waals surface area contributed by atoms with Gasteiger partial charge in [-0.25, -0.2) is 4.98 Å². The molecule has 8 heteroatoms. The van der Waals surface area contributed by atoms with E-state index >= 15 is 0 Å².